The van der Waals surface area contributed by atoms with E-state index in [9.17, 15) is 4.79 Å². The lowest BCUT2D eigenvalue weighted by Crippen LogP contribution is -2.05. The van der Waals surface area contributed by atoms with E-state index in [2.05, 4.69) is 4.99 Å². The Bertz CT molecular complexity index is 810. The van der Waals surface area contributed by atoms with Gasteiger partial charge in [0, 0.05) is 11.4 Å². The van der Waals surface area contributed by atoms with Gasteiger partial charge in [-0.3, -0.25) is 0 Å². The molecule has 0 spiro atoms. The number of hydrogen-bond acceptors (Lipinski definition) is 4. The molecule has 0 atom stereocenters. The van der Waals surface area contributed by atoms with Crippen LogP contribution in [-0.2, 0) is 16.0 Å². The molecule has 0 aliphatic carbocycles. The van der Waals surface area contributed by atoms with Gasteiger partial charge in [0.05, 0.1) is 7.11 Å². The second-order valence-corrected chi connectivity index (χ2v) is 5.76. The highest BCUT2D eigenvalue weighted by Crippen LogP contribution is 2.20. The van der Waals surface area contributed by atoms with Crippen LogP contribution in [0.4, 0.5) is 0 Å². The van der Waals surface area contributed by atoms with Crippen LogP contribution in [0.3, 0.4) is 0 Å². The molecule has 2 aromatic rings. The lowest BCUT2D eigenvalue weighted by Gasteiger charge is -2.03. The Hall–Kier alpha value is -2.59. The summed E-state index contributed by atoms with van der Waals surface area (Å²) in [5.41, 5.74) is 2.23. The maximum absolute atomic E-state index is 11.9. The van der Waals surface area contributed by atoms with Gasteiger partial charge in [-0.25, -0.2) is 9.79 Å². The van der Waals surface area contributed by atoms with Crippen molar-refractivity contribution >= 4 is 29.5 Å². The molecular weight excluding hydrogens is 326 g/mol. The summed E-state index contributed by atoms with van der Waals surface area (Å²) in [5.74, 6) is 0.818. The molecule has 122 valence electrons. The highest BCUT2D eigenvalue weighted by atomic mass is 35.5. The number of nitrogens with zero attached hydrogens (tertiary/aromatic N) is 1. The fraction of sp³-hybridized carbons (Fsp3) is 0.158. The zero-order valence-electron chi connectivity index (χ0n) is 13.2. The van der Waals surface area contributed by atoms with Crippen molar-refractivity contribution in [2.75, 3.05) is 7.11 Å². The molecule has 3 rings (SSSR count). The highest BCUT2D eigenvalue weighted by Gasteiger charge is 2.22. The minimum Gasteiger partial charge on any atom is -0.497 e. The monoisotopic (exact) mass is 341 g/mol. The van der Waals surface area contributed by atoms with E-state index in [4.69, 9.17) is 21.1 Å². The summed E-state index contributed by atoms with van der Waals surface area (Å²) >= 11 is 5.94. The number of methoxy groups -OCH3 is 1. The first-order valence-electron chi connectivity index (χ1n) is 7.54. The number of aliphatic imine (C=N–C) groups is 1. The molecule has 4 nitrogen and oxygen atoms in total. The maximum Gasteiger partial charge on any atom is 0.363 e. The third kappa shape index (κ3) is 4.03. The van der Waals surface area contributed by atoms with E-state index in [0.29, 0.717) is 23.0 Å². The number of cyclic esters (lactones) is 1. The highest BCUT2D eigenvalue weighted by molar-refractivity contribution is 6.30. The number of halogens is 1. The Labute approximate surface area is 145 Å². The maximum atomic E-state index is 11.9. The van der Waals surface area contributed by atoms with Crippen molar-refractivity contribution < 1.29 is 14.3 Å². The minimum absolute atomic E-state index is 0.294. The first-order valence-corrected chi connectivity index (χ1v) is 7.92. The number of rotatable bonds is 5. The van der Waals surface area contributed by atoms with Crippen LogP contribution in [0.1, 0.15) is 17.5 Å². The van der Waals surface area contributed by atoms with Gasteiger partial charge >= 0.3 is 5.97 Å². The standard InChI is InChI=1S/C19H16ClNO3/c1-23-16-8-5-13(6-9-16)7-10-18-21-17(19(22)24-18)12-14-3-2-4-15(20)11-14/h2-6,8-9,11-12H,7,10H2,1H3/b17-12+. The third-order valence-electron chi connectivity index (χ3n) is 3.60. The molecule has 1 aliphatic rings. The van der Waals surface area contributed by atoms with E-state index in [1.807, 2.05) is 36.4 Å². The second-order valence-electron chi connectivity index (χ2n) is 5.33. The molecule has 0 aromatic heterocycles. The van der Waals surface area contributed by atoms with Crippen molar-refractivity contribution in [1.29, 1.82) is 0 Å². The molecule has 0 bridgehead atoms. The first kappa shape index (κ1) is 16.3. The average molecular weight is 342 g/mol. The fourth-order valence-corrected chi connectivity index (χ4v) is 2.56. The van der Waals surface area contributed by atoms with Gasteiger partial charge in [-0.05, 0) is 47.9 Å². The number of esters is 1. The molecule has 0 saturated carbocycles. The van der Waals surface area contributed by atoms with Crippen LogP contribution in [0, 0.1) is 0 Å². The van der Waals surface area contributed by atoms with Gasteiger partial charge in [0.2, 0.25) is 0 Å². The number of carbonyl (C=O) groups is 1. The van der Waals surface area contributed by atoms with E-state index in [1.54, 1.807) is 25.3 Å². The van der Waals surface area contributed by atoms with Crippen molar-refractivity contribution in [2.24, 2.45) is 4.99 Å². The predicted molar refractivity (Wildman–Crippen MR) is 94.3 cm³/mol. The third-order valence-corrected chi connectivity index (χ3v) is 3.84. The van der Waals surface area contributed by atoms with Crippen LogP contribution < -0.4 is 4.74 Å². The van der Waals surface area contributed by atoms with Crippen molar-refractivity contribution in [2.45, 2.75) is 12.8 Å². The number of carbonyl (C=O) groups excluding carboxylic acids is 1. The molecule has 1 aliphatic heterocycles. The molecule has 24 heavy (non-hydrogen) atoms. The lowest BCUT2D eigenvalue weighted by molar-refractivity contribution is -0.130. The van der Waals surface area contributed by atoms with Crippen LogP contribution in [0.2, 0.25) is 5.02 Å². The van der Waals surface area contributed by atoms with Crippen molar-refractivity contribution in [1.82, 2.24) is 0 Å². The number of benzene rings is 2. The molecule has 0 radical (unpaired) electrons. The molecule has 2 aromatic carbocycles. The average Bonchev–Trinajstić information content (AvgIpc) is 2.93. The number of ether oxygens (including phenoxy) is 2. The number of aryl methyl sites for hydroxylation is 1. The van der Waals surface area contributed by atoms with E-state index in [1.165, 1.54) is 0 Å². The smallest absolute Gasteiger partial charge is 0.363 e. The molecule has 0 saturated heterocycles. The van der Waals surface area contributed by atoms with Crippen LogP contribution in [0.5, 0.6) is 5.75 Å². The zero-order valence-corrected chi connectivity index (χ0v) is 13.9. The van der Waals surface area contributed by atoms with Crippen LogP contribution in [0.15, 0.2) is 59.2 Å². The molecule has 0 fully saturated rings. The summed E-state index contributed by atoms with van der Waals surface area (Å²) in [6.07, 6.45) is 2.97. The topological polar surface area (TPSA) is 47.9 Å². The summed E-state index contributed by atoms with van der Waals surface area (Å²) in [6, 6.07) is 15.0. The Balaban J connectivity index is 1.67. The Morgan fingerprint density at radius 2 is 1.96 bits per heavy atom. The Kier molecular flexibility index (Phi) is 4.96. The largest absolute Gasteiger partial charge is 0.497 e. The summed E-state index contributed by atoms with van der Waals surface area (Å²) < 4.78 is 10.4. The van der Waals surface area contributed by atoms with E-state index in [0.717, 1.165) is 23.3 Å². The Morgan fingerprint density at radius 3 is 2.67 bits per heavy atom. The molecule has 0 unspecified atom stereocenters. The van der Waals surface area contributed by atoms with E-state index < -0.39 is 5.97 Å². The summed E-state index contributed by atoms with van der Waals surface area (Å²) in [5, 5.41) is 0.611. The Morgan fingerprint density at radius 1 is 1.17 bits per heavy atom. The van der Waals surface area contributed by atoms with Gasteiger partial charge in [0.15, 0.2) is 11.6 Å². The quantitative estimate of drug-likeness (QED) is 0.602. The van der Waals surface area contributed by atoms with Crippen molar-refractivity contribution in [3.63, 3.8) is 0 Å². The summed E-state index contributed by atoms with van der Waals surface area (Å²) in [6.45, 7) is 0. The van der Waals surface area contributed by atoms with Gasteiger partial charge in [0.25, 0.3) is 0 Å². The SMILES string of the molecule is COc1ccc(CCC2=N/C(=C/c3cccc(Cl)c3)C(=O)O2)cc1. The minimum atomic E-state index is -0.431. The molecule has 5 heteroatoms. The molecule has 0 amide bonds. The van der Waals surface area contributed by atoms with Gasteiger partial charge in [-0.15, -0.1) is 0 Å². The summed E-state index contributed by atoms with van der Waals surface area (Å²) in [7, 11) is 1.63. The fourth-order valence-electron chi connectivity index (χ4n) is 2.36. The zero-order chi connectivity index (χ0) is 16.9. The van der Waals surface area contributed by atoms with Gasteiger partial charge in [-0.2, -0.15) is 0 Å². The second kappa shape index (κ2) is 7.32. The molecule has 0 N–H and O–H groups in total. The van der Waals surface area contributed by atoms with Crippen molar-refractivity contribution in [3.05, 3.63) is 70.4 Å². The lowest BCUT2D eigenvalue weighted by atomic mass is 10.1. The van der Waals surface area contributed by atoms with E-state index in [-0.39, 0.29) is 0 Å². The first-order chi connectivity index (χ1) is 11.6. The molecule has 1 heterocycles. The van der Waals surface area contributed by atoms with Gasteiger partial charge < -0.3 is 9.47 Å². The van der Waals surface area contributed by atoms with Crippen LogP contribution >= 0.6 is 11.6 Å². The summed E-state index contributed by atoms with van der Waals surface area (Å²) in [4.78, 5) is 16.2. The number of hydrogen-bond donors (Lipinski definition) is 0. The van der Waals surface area contributed by atoms with Gasteiger partial charge in [0.1, 0.15) is 5.75 Å². The normalized spacial score (nSPS) is 15.3. The molecular formula is C19H16ClNO3. The van der Waals surface area contributed by atoms with Crippen LogP contribution in [-0.4, -0.2) is 19.0 Å². The van der Waals surface area contributed by atoms with Crippen molar-refractivity contribution in [3.8, 4) is 5.75 Å². The van der Waals surface area contributed by atoms with E-state index >= 15 is 0 Å². The van der Waals surface area contributed by atoms with Gasteiger partial charge in [-0.1, -0.05) is 35.9 Å². The predicted octanol–water partition coefficient (Wildman–Crippen LogP) is 4.28. The van der Waals surface area contributed by atoms with Crippen LogP contribution in [0.25, 0.3) is 6.08 Å².